The van der Waals surface area contributed by atoms with E-state index >= 15 is 0 Å². The number of rotatable bonds is 2. The predicted octanol–water partition coefficient (Wildman–Crippen LogP) is 4.03. The van der Waals surface area contributed by atoms with Crippen LogP contribution in [0.3, 0.4) is 0 Å². The van der Waals surface area contributed by atoms with Crippen LogP contribution in [0.15, 0.2) is 45.7 Å². The van der Waals surface area contributed by atoms with Crippen molar-refractivity contribution < 1.29 is 0 Å². The number of nitrogen functional groups attached to an aromatic ring is 1. The van der Waals surface area contributed by atoms with Crippen LogP contribution in [0.2, 0.25) is 0 Å². The Balaban J connectivity index is 1.93. The number of nitrogens with two attached hydrogens (primary N) is 1. The fourth-order valence-electron chi connectivity index (χ4n) is 4.06. The maximum atomic E-state index is 12.9. The Morgan fingerprint density at radius 2 is 1.68 bits per heavy atom. The lowest BCUT2D eigenvalue weighted by atomic mass is 10.1. The second-order valence-corrected chi connectivity index (χ2v) is 8.75. The molecule has 164 valence electrons. The highest BCUT2D eigenvalue weighted by Crippen LogP contribution is 2.36. The van der Waals surface area contributed by atoms with Crippen LogP contribution in [0.1, 0.15) is 22.5 Å². The highest BCUT2D eigenvalue weighted by atomic mass is 79.9. The third-order valence-corrected chi connectivity index (χ3v) is 5.90. The van der Waals surface area contributed by atoms with Crippen molar-refractivity contribution in [3.63, 3.8) is 0 Å². The quantitative estimate of drug-likeness (QED) is 0.363. The first-order valence-corrected chi connectivity index (χ1v) is 10.9. The molecule has 0 saturated heterocycles. The molecule has 3 aromatic heterocycles. The Kier molecular flexibility index (Phi) is 4.89. The van der Waals surface area contributed by atoms with Crippen LogP contribution in [-0.4, -0.2) is 24.5 Å². The van der Waals surface area contributed by atoms with Gasteiger partial charge in [0.1, 0.15) is 29.3 Å². The number of halogens is 1. The van der Waals surface area contributed by atoms with Gasteiger partial charge in [-0.15, -0.1) is 0 Å². The zero-order chi connectivity index (χ0) is 24.1. The first-order valence-electron chi connectivity index (χ1n) is 10.1. The third-order valence-electron chi connectivity index (χ3n) is 5.40. The van der Waals surface area contributed by atoms with E-state index in [1.54, 1.807) is 22.8 Å². The van der Waals surface area contributed by atoms with Gasteiger partial charge in [-0.1, -0.05) is 22.0 Å². The van der Waals surface area contributed by atoms with Gasteiger partial charge >= 0.3 is 0 Å². The van der Waals surface area contributed by atoms with Crippen molar-refractivity contribution in [3.8, 4) is 29.2 Å². The number of fused-ring (bicyclic) bond motifs is 2. The van der Waals surface area contributed by atoms with E-state index in [1.165, 1.54) is 0 Å². The van der Waals surface area contributed by atoms with Crippen LogP contribution in [0, 0.1) is 36.5 Å². The van der Waals surface area contributed by atoms with Crippen LogP contribution in [0.4, 0.5) is 5.82 Å². The van der Waals surface area contributed by atoms with Gasteiger partial charge in [-0.3, -0.25) is 9.36 Å². The first kappa shape index (κ1) is 21.3. The number of aromatic nitrogens is 5. The van der Waals surface area contributed by atoms with Crippen molar-refractivity contribution in [1.29, 1.82) is 10.5 Å². The molecule has 9 nitrogen and oxygen atoms in total. The zero-order valence-electron chi connectivity index (χ0n) is 18.0. The minimum absolute atomic E-state index is 0.116. The number of hydrogen-bond acceptors (Lipinski definition) is 7. The molecule has 0 saturated carbocycles. The molecule has 0 fully saturated rings. The molecule has 10 heteroatoms. The van der Waals surface area contributed by atoms with Crippen molar-refractivity contribution in [2.75, 3.05) is 5.73 Å². The summed E-state index contributed by atoms with van der Waals surface area (Å²) in [6, 6.07) is 14.9. The van der Waals surface area contributed by atoms with Crippen molar-refractivity contribution in [1.82, 2.24) is 24.5 Å². The maximum absolute atomic E-state index is 12.9. The molecule has 0 atom stereocenters. The molecule has 0 bridgehead atoms. The van der Waals surface area contributed by atoms with Crippen LogP contribution < -0.4 is 11.3 Å². The van der Waals surface area contributed by atoms with Crippen molar-refractivity contribution in [2.45, 2.75) is 13.8 Å². The molecule has 0 aliphatic heterocycles. The van der Waals surface area contributed by atoms with Gasteiger partial charge < -0.3 is 10.7 Å². The van der Waals surface area contributed by atoms with Gasteiger partial charge in [-0.25, -0.2) is 15.0 Å². The van der Waals surface area contributed by atoms with Gasteiger partial charge in [-0.2, -0.15) is 10.5 Å². The number of hydrogen-bond donors (Lipinski definition) is 2. The average Bonchev–Trinajstić information content (AvgIpc) is 3.08. The minimum Gasteiger partial charge on any atom is -0.384 e. The summed E-state index contributed by atoms with van der Waals surface area (Å²) in [7, 11) is 0. The molecule has 0 spiro atoms. The predicted molar refractivity (Wildman–Crippen MR) is 131 cm³/mol. The largest absolute Gasteiger partial charge is 0.384 e. The Morgan fingerprint density at radius 1 is 1.00 bits per heavy atom. The molecule has 0 amide bonds. The van der Waals surface area contributed by atoms with Gasteiger partial charge in [0.2, 0.25) is 0 Å². The molecule has 0 aliphatic carbocycles. The van der Waals surface area contributed by atoms with Crippen LogP contribution in [-0.2, 0) is 0 Å². The molecular formula is C24H15BrN8O. The van der Waals surface area contributed by atoms with Gasteiger partial charge in [-0.05, 0) is 55.3 Å². The van der Waals surface area contributed by atoms with Crippen molar-refractivity contribution in [2.24, 2.45) is 0 Å². The summed E-state index contributed by atoms with van der Waals surface area (Å²) in [5.41, 5.74) is 10.1. The number of anilines is 1. The Morgan fingerprint density at radius 3 is 2.35 bits per heavy atom. The molecule has 0 radical (unpaired) electrons. The minimum atomic E-state index is -0.352. The fourth-order valence-corrected chi connectivity index (χ4v) is 4.42. The number of nitrogens with zero attached hydrogens (tertiary/aromatic N) is 6. The molecule has 5 aromatic rings. The maximum Gasteiger partial charge on any atom is 0.259 e. The second-order valence-electron chi connectivity index (χ2n) is 7.83. The van der Waals surface area contributed by atoms with E-state index in [0.29, 0.717) is 22.2 Å². The highest BCUT2D eigenvalue weighted by Gasteiger charge is 2.25. The number of benzene rings is 2. The monoisotopic (exact) mass is 510 g/mol. The lowest BCUT2D eigenvalue weighted by Crippen LogP contribution is -2.10. The highest BCUT2D eigenvalue weighted by molar-refractivity contribution is 9.10. The second kappa shape index (κ2) is 7.80. The molecule has 34 heavy (non-hydrogen) atoms. The lowest BCUT2D eigenvalue weighted by Gasteiger charge is -2.10. The SMILES string of the molecule is Cc1cc(C)cc(-n2c(N)c(-c3nc4ccc(Br)cc4c(=O)[nH]3)c3nc(C#N)c(C#N)nc32)c1. The molecule has 0 unspecified atom stereocenters. The van der Waals surface area contributed by atoms with Gasteiger partial charge in [0, 0.05) is 10.2 Å². The van der Waals surface area contributed by atoms with E-state index < -0.39 is 0 Å². The summed E-state index contributed by atoms with van der Waals surface area (Å²) >= 11 is 3.37. The first-order chi connectivity index (χ1) is 16.3. The average molecular weight is 511 g/mol. The van der Waals surface area contributed by atoms with Gasteiger partial charge in [0.15, 0.2) is 17.0 Å². The summed E-state index contributed by atoms with van der Waals surface area (Å²) in [5.74, 6) is 0.409. The number of H-pyrrole nitrogens is 1. The Labute approximate surface area is 201 Å². The van der Waals surface area contributed by atoms with Crippen LogP contribution in [0.5, 0.6) is 0 Å². The molecule has 3 N–H and O–H groups in total. The number of nitriles is 2. The van der Waals surface area contributed by atoms with Crippen molar-refractivity contribution in [3.05, 3.63) is 73.7 Å². The van der Waals surface area contributed by atoms with Crippen LogP contribution >= 0.6 is 15.9 Å². The molecule has 5 rings (SSSR count). The van der Waals surface area contributed by atoms with E-state index in [4.69, 9.17) is 5.73 Å². The summed E-state index contributed by atoms with van der Waals surface area (Å²) in [6.45, 7) is 3.92. The smallest absolute Gasteiger partial charge is 0.259 e. The molecule has 0 aliphatic rings. The van der Waals surface area contributed by atoms with E-state index in [-0.39, 0.29) is 39.8 Å². The number of nitrogens with one attached hydrogen (secondary N) is 1. The summed E-state index contributed by atoms with van der Waals surface area (Å²) in [6.07, 6.45) is 0. The standard InChI is InChI=1S/C24H15BrN8O/c1-11-5-12(2)7-14(6-11)33-21(28)19(20-23(33)31-18(10-27)17(9-26)29-20)22-30-16-4-3-13(25)8-15(16)24(34)32-22/h3-8H,28H2,1-2H3,(H,30,32,34). The van der Waals surface area contributed by atoms with E-state index in [2.05, 4.69) is 35.9 Å². The van der Waals surface area contributed by atoms with E-state index in [0.717, 1.165) is 15.6 Å². The molecule has 3 heterocycles. The van der Waals surface area contributed by atoms with E-state index in [1.807, 2.05) is 44.2 Å². The topological polar surface area (TPSA) is 150 Å². The number of aromatic amines is 1. The fraction of sp³-hybridized carbons (Fsp3) is 0.0833. The molecule has 2 aromatic carbocycles. The van der Waals surface area contributed by atoms with Crippen LogP contribution in [0.25, 0.3) is 39.1 Å². The summed E-state index contributed by atoms with van der Waals surface area (Å²) in [4.78, 5) is 29.1. The van der Waals surface area contributed by atoms with Gasteiger partial charge in [0.25, 0.3) is 5.56 Å². The Hall–Kier alpha value is -4.54. The number of aryl methyl sites for hydroxylation is 2. The Bertz CT molecular complexity index is 1780. The van der Waals surface area contributed by atoms with Gasteiger partial charge in [0.05, 0.1) is 16.5 Å². The van der Waals surface area contributed by atoms with E-state index in [9.17, 15) is 15.3 Å². The molecular weight excluding hydrogens is 496 g/mol. The lowest BCUT2D eigenvalue weighted by molar-refractivity contribution is 1.07. The summed E-state index contributed by atoms with van der Waals surface area (Å²) in [5, 5.41) is 19.5. The zero-order valence-corrected chi connectivity index (χ0v) is 19.6. The summed E-state index contributed by atoms with van der Waals surface area (Å²) < 4.78 is 2.41. The van der Waals surface area contributed by atoms with Crippen molar-refractivity contribution >= 4 is 43.8 Å². The normalized spacial score (nSPS) is 11.0. The third kappa shape index (κ3) is 3.29.